The van der Waals surface area contributed by atoms with Gasteiger partial charge in [-0.2, -0.15) is 0 Å². The second kappa shape index (κ2) is 2.23. The molecule has 1 fully saturated rings. The summed E-state index contributed by atoms with van der Waals surface area (Å²) in [6, 6.07) is 0. The predicted octanol–water partition coefficient (Wildman–Crippen LogP) is 1.38. The van der Waals surface area contributed by atoms with E-state index in [0.29, 0.717) is 6.42 Å². The largest absolute Gasteiger partial charge is 0.303 e. The van der Waals surface area contributed by atoms with Crippen LogP contribution in [0, 0.1) is 17.8 Å². The zero-order valence-electron chi connectivity index (χ0n) is 5.39. The van der Waals surface area contributed by atoms with Crippen LogP contribution in [0.4, 0.5) is 0 Å². The van der Waals surface area contributed by atoms with Gasteiger partial charge < -0.3 is 4.79 Å². The first-order valence-corrected chi connectivity index (χ1v) is 3.23. The first kappa shape index (κ1) is 6.35. The van der Waals surface area contributed by atoms with Crippen LogP contribution in [0.15, 0.2) is 0 Å². The second-order valence-corrected chi connectivity index (χ2v) is 2.71. The Balaban J connectivity index is 2.49. The van der Waals surface area contributed by atoms with Gasteiger partial charge in [0.15, 0.2) is 0 Å². The van der Waals surface area contributed by atoms with E-state index in [2.05, 4.69) is 5.92 Å². The second-order valence-electron chi connectivity index (χ2n) is 2.71. The molecular formula is C8H10O. The Hall–Kier alpha value is -0.770. The molecule has 9 heavy (non-hydrogen) atoms. The molecule has 0 aromatic carbocycles. The Kier molecular flexibility index (Phi) is 1.57. The number of aldehydes is 1. The van der Waals surface area contributed by atoms with Gasteiger partial charge in [-0.3, -0.25) is 0 Å². The first-order chi connectivity index (χ1) is 4.33. The maximum atomic E-state index is 10.4. The third kappa shape index (κ3) is 0.977. The van der Waals surface area contributed by atoms with Crippen LogP contribution >= 0.6 is 0 Å². The van der Waals surface area contributed by atoms with Crippen molar-refractivity contribution < 1.29 is 4.79 Å². The van der Waals surface area contributed by atoms with Gasteiger partial charge in [0.25, 0.3) is 0 Å². The standard InChI is InChI=1S/C8H10O/c1-2-4-8(7-9)5-3-6-8/h1,7H,3-6H2. The van der Waals surface area contributed by atoms with Gasteiger partial charge >= 0.3 is 0 Å². The van der Waals surface area contributed by atoms with Crippen molar-refractivity contribution >= 4 is 6.29 Å². The number of terminal acetylenes is 1. The van der Waals surface area contributed by atoms with Gasteiger partial charge in [0, 0.05) is 11.8 Å². The van der Waals surface area contributed by atoms with Crippen LogP contribution in [-0.2, 0) is 4.79 Å². The molecule has 0 saturated heterocycles. The summed E-state index contributed by atoms with van der Waals surface area (Å²) in [7, 11) is 0. The van der Waals surface area contributed by atoms with E-state index in [9.17, 15) is 4.79 Å². The van der Waals surface area contributed by atoms with Gasteiger partial charge in [0.2, 0.25) is 0 Å². The molecule has 48 valence electrons. The third-order valence-corrected chi connectivity index (χ3v) is 2.05. The Bertz CT molecular complexity index is 148. The van der Waals surface area contributed by atoms with E-state index in [1.54, 1.807) is 0 Å². The van der Waals surface area contributed by atoms with Gasteiger partial charge in [-0.25, -0.2) is 0 Å². The molecule has 1 aliphatic carbocycles. The van der Waals surface area contributed by atoms with E-state index in [-0.39, 0.29) is 5.41 Å². The van der Waals surface area contributed by atoms with Crippen molar-refractivity contribution in [3.05, 3.63) is 0 Å². The fourth-order valence-electron chi connectivity index (χ4n) is 1.17. The molecule has 0 unspecified atom stereocenters. The van der Waals surface area contributed by atoms with Crippen molar-refractivity contribution in [3.8, 4) is 12.3 Å². The highest BCUT2D eigenvalue weighted by atomic mass is 16.1. The van der Waals surface area contributed by atoms with Gasteiger partial charge in [-0.1, -0.05) is 6.42 Å². The molecule has 0 radical (unpaired) electrons. The Labute approximate surface area is 55.4 Å². The number of carbonyl (C=O) groups excluding carboxylic acids is 1. The van der Waals surface area contributed by atoms with Crippen LogP contribution in [0.3, 0.4) is 0 Å². The Morgan fingerprint density at radius 1 is 1.67 bits per heavy atom. The summed E-state index contributed by atoms with van der Waals surface area (Å²) in [4.78, 5) is 10.4. The number of carbonyl (C=O) groups is 1. The summed E-state index contributed by atoms with van der Waals surface area (Å²) in [6.07, 6.45) is 9.92. The highest BCUT2D eigenvalue weighted by Crippen LogP contribution is 2.41. The zero-order valence-corrected chi connectivity index (χ0v) is 5.39. The SMILES string of the molecule is C#CCC1(C=O)CCC1. The minimum Gasteiger partial charge on any atom is -0.303 e. The summed E-state index contributed by atoms with van der Waals surface area (Å²) in [5.41, 5.74) is -0.102. The molecule has 1 aliphatic rings. The highest BCUT2D eigenvalue weighted by molar-refractivity contribution is 5.61. The monoisotopic (exact) mass is 122 g/mol. The van der Waals surface area contributed by atoms with E-state index in [1.165, 1.54) is 6.42 Å². The molecule has 0 N–H and O–H groups in total. The van der Waals surface area contributed by atoms with Crippen LogP contribution in [0.2, 0.25) is 0 Å². The number of hydrogen-bond acceptors (Lipinski definition) is 1. The lowest BCUT2D eigenvalue weighted by molar-refractivity contribution is -0.120. The topological polar surface area (TPSA) is 17.1 Å². The molecule has 0 spiro atoms. The maximum absolute atomic E-state index is 10.4. The Morgan fingerprint density at radius 3 is 2.44 bits per heavy atom. The van der Waals surface area contributed by atoms with Crippen molar-refractivity contribution in [3.63, 3.8) is 0 Å². The van der Waals surface area contributed by atoms with Crippen molar-refractivity contribution in [2.75, 3.05) is 0 Å². The average molecular weight is 122 g/mol. The van der Waals surface area contributed by atoms with Crippen LogP contribution in [0.5, 0.6) is 0 Å². The molecular weight excluding hydrogens is 112 g/mol. The zero-order chi connectivity index (χ0) is 6.74. The number of rotatable bonds is 2. The lowest BCUT2D eigenvalue weighted by Crippen LogP contribution is -2.30. The fraction of sp³-hybridized carbons (Fsp3) is 0.625. The third-order valence-electron chi connectivity index (χ3n) is 2.05. The summed E-state index contributed by atoms with van der Waals surface area (Å²) in [6.45, 7) is 0. The van der Waals surface area contributed by atoms with Crippen LogP contribution in [-0.4, -0.2) is 6.29 Å². The quantitative estimate of drug-likeness (QED) is 0.399. The van der Waals surface area contributed by atoms with E-state index in [4.69, 9.17) is 6.42 Å². The predicted molar refractivity (Wildman–Crippen MR) is 35.8 cm³/mol. The highest BCUT2D eigenvalue weighted by Gasteiger charge is 2.35. The van der Waals surface area contributed by atoms with Gasteiger partial charge in [0.05, 0.1) is 0 Å². The van der Waals surface area contributed by atoms with E-state index >= 15 is 0 Å². The van der Waals surface area contributed by atoms with Crippen molar-refractivity contribution in [2.45, 2.75) is 25.7 Å². The van der Waals surface area contributed by atoms with Gasteiger partial charge in [-0.05, 0) is 12.8 Å². The van der Waals surface area contributed by atoms with Crippen LogP contribution < -0.4 is 0 Å². The number of hydrogen-bond donors (Lipinski definition) is 0. The molecule has 0 amide bonds. The summed E-state index contributed by atoms with van der Waals surface area (Å²) in [5, 5.41) is 0. The Morgan fingerprint density at radius 2 is 2.33 bits per heavy atom. The average Bonchev–Trinajstić information content (AvgIpc) is 1.79. The van der Waals surface area contributed by atoms with Crippen molar-refractivity contribution in [2.24, 2.45) is 5.41 Å². The molecule has 0 bridgehead atoms. The first-order valence-electron chi connectivity index (χ1n) is 3.23. The molecule has 1 nitrogen and oxygen atoms in total. The van der Waals surface area contributed by atoms with Crippen molar-refractivity contribution in [1.29, 1.82) is 0 Å². The minimum absolute atomic E-state index is 0.102. The fourth-order valence-corrected chi connectivity index (χ4v) is 1.17. The smallest absolute Gasteiger partial charge is 0.127 e. The molecule has 0 atom stereocenters. The minimum atomic E-state index is -0.102. The van der Waals surface area contributed by atoms with Crippen LogP contribution in [0.1, 0.15) is 25.7 Å². The summed E-state index contributed by atoms with van der Waals surface area (Å²) in [5.74, 6) is 2.53. The molecule has 0 heterocycles. The maximum Gasteiger partial charge on any atom is 0.127 e. The lowest BCUT2D eigenvalue weighted by atomic mass is 9.68. The molecule has 1 heteroatoms. The lowest BCUT2D eigenvalue weighted by Gasteiger charge is -2.34. The molecule has 1 saturated carbocycles. The summed E-state index contributed by atoms with van der Waals surface area (Å²) < 4.78 is 0. The van der Waals surface area contributed by atoms with E-state index in [0.717, 1.165) is 19.1 Å². The van der Waals surface area contributed by atoms with E-state index in [1.807, 2.05) is 0 Å². The molecule has 0 aliphatic heterocycles. The molecule has 1 rings (SSSR count). The van der Waals surface area contributed by atoms with Gasteiger partial charge in [-0.15, -0.1) is 12.3 Å². The molecule has 0 aromatic rings. The summed E-state index contributed by atoms with van der Waals surface area (Å²) >= 11 is 0. The normalized spacial score (nSPS) is 21.7. The van der Waals surface area contributed by atoms with Crippen LogP contribution in [0.25, 0.3) is 0 Å². The van der Waals surface area contributed by atoms with Crippen molar-refractivity contribution in [1.82, 2.24) is 0 Å². The molecule has 0 aromatic heterocycles. The van der Waals surface area contributed by atoms with Gasteiger partial charge in [0.1, 0.15) is 6.29 Å². The van der Waals surface area contributed by atoms with E-state index < -0.39 is 0 Å².